The number of hydrogen-bond acceptors (Lipinski definition) is 7. The minimum Gasteiger partial charge on any atom is -0.454 e. The zero-order chi connectivity index (χ0) is 19.9. The predicted molar refractivity (Wildman–Crippen MR) is 114 cm³/mol. The first-order chi connectivity index (χ1) is 14.8. The van der Waals surface area contributed by atoms with Crippen LogP contribution in [0.1, 0.15) is 39.5 Å². The van der Waals surface area contributed by atoms with Crippen molar-refractivity contribution in [2.45, 2.75) is 23.0 Å². The molecule has 5 aliphatic heterocycles. The summed E-state index contributed by atoms with van der Waals surface area (Å²) in [6.45, 7) is 1.11. The lowest BCUT2D eigenvalue weighted by Crippen LogP contribution is -2.52. The smallest absolute Gasteiger partial charge is 0.258 e. The van der Waals surface area contributed by atoms with E-state index in [9.17, 15) is 4.79 Å². The molecule has 1 unspecified atom stereocenters. The van der Waals surface area contributed by atoms with E-state index in [-0.39, 0.29) is 29.6 Å². The molecule has 6 nitrogen and oxygen atoms in total. The number of amides is 1. The fraction of sp³-hybridized carbons (Fsp3) is 0.409. The summed E-state index contributed by atoms with van der Waals surface area (Å²) in [4.78, 5) is 15.9. The van der Waals surface area contributed by atoms with Gasteiger partial charge in [0.15, 0.2) is 23.0 Å². The first-order valence-electron chi connectivity index (χ1n) is 10.2. The SMILES string of the molecule is O=C1c2c(ccc3c2OCO3)C2(SCCCS2)C2c3cc4c(cc3CCN12)OCO4. The number of thioether (sulfide) groups is 2. The van der Waals surface area contributed by atoms with Gasteiger partial charge in [0.05, 0.1) is 11.6 Å². The van der Waals surface area contributed by atoms with E-state index in [1.54, 1.807) is 0 Å². The average Bonchev–Trinajstić information content (AvgIpc) is 3.44. The minimum atomic E-state index is -0.272. The van der Waals surface area contributed by atoms with E-state index in [4.69, 9.17) is 18.9 Å². The molecule has 30 heavy (non-hydrogen) atoms. The molecule has 1 fully saturated rings. The van der Waals surface area contributed by atoms with Gasteiger partial charge in [0.25, 0.3) is 5.91 Å². The maximum Gasteiger partial charge on any atom is 0.258 e. The zero-order valence-electron chi connectivity index (χ0n) is 16.1. The molecule has 0 saturated carbocycles. The third-order valence-electron chi connectivity index (χ3n) is 6.53. The highest BCUT2D eigenvalue weighted by Gasteiger charge is 2.56. The molecule has 2 aromatic carbocycles. The minimum absolute atomic E-state index is 0.0399. The van der Waals surface area contributed by atoms with Gasteiger partial charge in [0, 0.05) is 6.54 Å². The van der Waals surface area contributed by atoms with E-state index >= 15 is 0 Å². The van der Waals surface area contributed by atoms with Crippen molar-refractivity contribution in [2.75, 3.05) is 31.6 Å². The van der Waals surface area contributed by atoms with E-state index in [0.29, 0.717) is 23.6 Å². The van der Waals surface area contributed by atoms with E-state index in [0.717, 1.165) is 35.0 Å². The third kappa shape index (κ3) is 2.16. The molecule has 1 spiro atoms. The normalized spacial score (nSPS) is 24.5. The van der Waals surface area contributed by atoms with E-state index in [1.165, 1.54) is 17.5 Å². The first-order valence-corrected chi connectivity index (χ1v) is 12.2. The van der Waals surface area contributed by atoms with Crippen LogP contribution in [0.25, 0.3) is 0 Å². The topological polar surface area (TPSA) is 57.2 Å². The van der Waals surface area contributed by atoms with Gasteiger partial charge in [-0.2, -0.15) is 0 Å². The van der Waals surface area contributed by atoms with Crippen LogP contribution in [0.15, 0.2) is 24.3 Å². The van der Waals surface area contributed by atoms with Crippen LogP contribution in [0.3, 0.4) is 0 Å². The first kappa shape index (κ1) is 17.5. The molecule has 0 aromatic heterocycles. The predicted octanol–water partition coefficient (Wildman–Crippen LogP) is 3.92. The van der Waals surface area contributed by atoms with Crippen molar-refractivity contribution in [3.05, 3.63) is 46.5 Å². The zero-order valence-corrected chi connectivity index (χ0v) is 17.8. The molecular weight excluding hydrogens is 422 g/mol. The van der Waals surface area contributed by atoms with Gasteiger partial charge in [-0.15, -0.1) is 23.5 Å². The maximum absolute atomic E-state index is 13.8. The molecule has 0 N–H and O–H groups in total. The maximum atomic E-state index is 13.8. The number of hydrogen-bond donors (Lipinski definition) is 0. The third-order valence-corrected chi connectivity index (χ3v) is 9.97. The van der Waals surface area contributed by atoms with Crippen molar-refractivity contribution in [3.63, 3.8) is 0 Å². The second-order valence-corrected chi connectivity index (χ2v) is 10.9. The van der Waals surface area contributed by atoms with Crippen molar-refractivity contribution in [1.82, 2.24) is 4.90 Å². The van der Waals surface area contributed by atoms with Crippen molar-refractivity contribution in [3.8, 4) is 23.0 Å². The number of carbonyl (C=O) groups is 1. The van der Waals surface area contributed by atoms with Crippen molar-refractivity contribution >= 4 is 29.4 Å². The summed E-state index contributed by atoms with van der Waals surface area (Å²) in [5.41, 5.74) is 4.19. The van der Waals surface area contributed by atoms with Gasteiger partial charge in [-0.05, 0) is 59.2 Å². The highest BCUT2D eigenvalue weighted by molar-refractivity contribution is 8.18. The number of nitrogens with zero attached hydrogens (tertiary/aromatic N) is 1. The highest BCUT2D eigenvalue weighted by atomic mass is 32.2. The number of fused-ring (bicyclic) bond motifs is 9. The summed E-state index contributed by atoms with van der Waals surface area (Å²) in [6.07, 6.45) is 1.98. The fourth-order valence-electron chi connectivity index (χ4n) is 5.26. The molecule has 1 amide bonds. The second-order valence-electron chi connectivity index (χ2n) is 8.00. The van der Waals surface area contributed by atoms with Gasteiger partial charge in [0.2, 0.25) is 13.6 Å². The van der Waals surface area contributed by atoms with Crippen LogP contribution in [0.5, 0.6) is 23.0 Å². The van der Waals surface area contributed by atoms with Crippen LogP contribution in [0.4, 0.5) is 0 Å². The number of carbonyl (C=O) groups excluding carboxylic acids is 1. The largest absolute Gasteiger partial charge is 0.454 e. The molecular formula is C22H19NO5S2. The average molecular weight is 442 g/mol. The lowest BCUT2D eigenvalue weighted by Gasteiger charge is -2.53. The summed E-state index contributed by atoms with van der Waals surface area (Å²) < 4.78 is 22.4. The van der Waals surface area contributed by atoms with Crippen molar-refractivity contribution in [1.29, 1.82) is 0 Å². The van der Waals surface area contributed by atoms with Gasteiger partial charge < -0.3 is 23.8 Å². The molecule has 5 aliphatic rings. The van der Waals surface area contributed by atoms with E-state index < -0.39 is 0 Å². The van der Waals surface area contributed by atoms with Crippen LogP contribution in [-0.2, 0) is 10.5 Å². The summed E-state index contributed by atoms with van der Waals surface area (Å²) in [7, 11) is 0. The van der Waals surface area contributed by atoms with E-state index in [2.05, 4.69) is 23.1 Å². The fourth-order valence-corrected chi connectivity index (χ4v) is 8.94. The summed E-state index contributed by atoms with van der Waals surface area (Å²) >= 11 is 3.92. The monoisotopic (exact) mass is 441 g/mol. The second kappa shape index (κ2) is 6.17. The molecule has 1 saturated heterocycles. The number of rotatable bonds is 0. The molecule has 8 heteroatoms. The molecule has 0 aliphatic carbocycles. The van der Waals surface area contributed by atoms with Crippen LogP contribution in [-0.4, -0.2) is 42.4 Å². The Morgan fingerprint density at radius 1 is 0.967 bits per heavy atom. The molecule has 7 rings (SSSR count). The Morgan fingerprint density at radius 3 is 2.60 bits per heavy atom. The Labute approximate surface area is 182 Å². The Hall–Kier alpha value is -2.19. The molecule has 2 aromatic rings. The lowest BCUT2D eigenvalue weighted by molar-refractivity contribution is 0.0606. The summed E-state index contributed by atoms with van der Waals surface area (Å²) in [5.74, 6) is 5.05. The van der Waals surface area contributed by atoms with Crippen LogP contribution in [0.2, 0.25) is 0 Å². The number of benzene rings is 2. The van der Waals surface area contributed by atoms with Crippen molar-refractivity contribution in [2.24, 2.45) is 0 Å². The van der Waals surface area contributed by atoms with Gasteiger partial charge in [0.1, 0.15) is 4.08 Å². The molecule has 0 bridgehead atoms. The Bertz CT molecular complexity index is 1100. The van der Waals surface area contributed by atoms with Gasteiger partial charge in [-0.3, -0.25) is 4.79 Å². The van der Waals surface area contributed by atoms with Crippen LogP contribution >= 0.6 is 23.5 Å². The highest BCUT2D eigenvalue weighted by Crippen LogP contribution is 2.65. The van der Waals surface area contributed by atoms with Crippen LogP contribution in [0, 0.1) is 0 Å². The summed E-state index contributed by atoms with van der Waals surface area (Å²) in [6, 6.07) is 8.22. The Balaban J connectivity index is 1.49. The number of ether oxygens (including phenoxy) is 4. The summed E-state index contributed by atoms with van der Waals surface area (Å²) in [5, 5.41) is 0. The van der Waals surface area contributed by atoms with Crippen molar-refractivity contribution < 1.29 is 23.7 Å². The molecule has 0 radical (unpaired) electrons. The van der Waals surface area contributed by atoms with Gasteiger partial charge >= 0.3 is 0 Å². The molecule has 154 valence electrons. The lowest BCUT2D eigenvalue weighted by atomic mass is 9.82. The molecule has 1 atom stereocenters. The van der Waals surface area contributed by atoms with Gasteiger partial charge in [-0.1, -0.05) is 6.07 Å². The Morgan fingerprint density at radius 2 is 1.73 bits per heavy atom. The Kier molecular flexibility index (Phi) is 3.60. The van der Waals surface area contributed by atoms with Crippen LogP contribution < -0.4 is 18.9 Å². The van der Waals surface area contributed by atoms with Gasteiger partial charge in [-0.25, -0.2) is 0 Å². The standard InChI is InChI=1S/C22H19NO5S2/c24-21-18-14(2-3-15-19(18)28-11-25-15)22(29-6-1-7-30-22)20-13-9-17-16(26-10-27-17)8-12(13)4-5-23(20)21/h2-3,8-9,20H,1,4-7,10-11H2. The molecule has 5 heterocycles. The van der Waals surface area contributed by atoms with E-state index in [1.807, 2.05) is 29.6 Å². The quantitative estimate of drug-likeness (QED) is 0.614.